The SMILES string of the molecule is O=C1N[CH]NC1=O. The molecule has 0 aliphatic carbocycles. The molecule has 0 bridgehead atoms. The number of amides is 2. The lowest BCUT2D eigenvalue weighted by Crippen LogP contribution is -2.19. The van der Waals surface area contributed by atoms with Crippen molar-refractivity contribution >= 4 is 11.8 Å². The molecule has 0 atom stereocenters. The minimum Gasteiger partial charge on any atom is -0.324 e. The number of carbonyl (C=O) groups is 2. The average molecular weight is 99.1 g/mol. The van der Waals surface area contributed by atoms with E-state index in [9.17, 15) is 9.59 Å². The van der Waals surface area contributed by atoms with Crippen LogP contribution in [0.4, 0.5) is 0 Å². The van der Waals surface area contributed by atoms with E-state index in [1.54, 1.807) is 0 Å². The molecule has 1 fully saturated rings. The van der Waals surface area contributed by atoms with Crippen LogP contribution >= 0.6 is 0 Å². The first-order valence-electron chi connectivity index (χ1n) is 1.74. The standard InChI is InChI=1S/C3H3N2O2/c6-2-3(7)5-1-4-2/h1H,(H,4,6)(H,5,7). The second-order valence-electron chi connectivity index (χ2n) is 1.09. The fraction of sp³-hybridized carbons (Fsp3) is 0. The minimum absolute atomic E-state index is 0.597. The van der Waals surface area contributed by atoms with Crippen molar-refractivity contribution in [2.45, 2.75) is 0 Å². The van der Waals surface area contributed by atoms with Crippen molar-refractivity contribution < 1.29 is 9.59 Å². The smallest absolute Gasteiger partial charge is 0.311 e. The number of rotatable bonds is 0. The van der Waals surface area contributed by atoms with E-state index in [4.69, 9.17) is 0 Å². The third-order valence-electron chi connectivity index (χ3n) is 0.613. The molecule has 1 saturated heterocycles. The third kappa shape index (κ3) is 0.534. The lowest BCUT2D eigenvalue weighted by Gasteiger charge is -1.75. The first-order valence-corrected chi connectivity index (χ1v) is 1.74. The Morgan fingerprint density at radius 1 is 1.14 bits per heavy atom. The molecule has 4 heteroatoms. The summed E-state index contributed by atoms with van der Waals surface area (Å²) in [4.78, 5) is 20.0. The van der Waals surface area contributed by atoms with E-state index >= 15 is 0 Å². The molecular weight excluding hydrogens is 96.0 g/mol. The summed E-state index contributed by atoms with van der Waals surface area (Å²) in [6, 6.07) is 0. The zero-order valence-electron chi connectivity index (χ0n) is 3.39. The van der Waals surface area contributed by atoms with Gasteiger partial charge in [-0.3, -0.25) is 9.59 Å². The van der Waals surface area contributed by atoms with Gasteiger partial charge in [0.05, 0.1) is 0 Å². The van der Waals surface area contributed by atoms with Gasteiger partial charge in [-0.15, -0.1) is 0 Å². The summed E-state index contributed by atoms with van der Waals surface area (Å²) in [6.07, 6.45) is 0. The molecule has 1 heterocycles. The number of hydrogen-bond donors (Lipinski definition) is 2. The molecule has 0 unspecified atom stereocenters. The third-order valence-corrected chi connectivity index (χ3v) is 0.613. The normalized spacial score (nSPS) is 18.9. The van der Waals surface area contributed by atoms with Crippen LogP contribution in [0.15, 0.2) is 0 Å². The first kappa shape index (κ1) is 4.11. The number of hydrogen-bond acceptors (Lipinski definition) is 2. The largest absolute Gasteiger partial charge is 0.324 e. The van der Waals surface area contributed by atoms with Crippen LogP contribution in [0, 0.1) is 6.67 Å². The van der Waals surface area contributed by atoms with Crippen LogP contribution in [-0.4, -0.2) is 11.8 Å². The second kappa shape index (κ2) is 1.22. The Morgan fingerprint density at radius 2 is 1.57 bits per heavy atom. The Morgan fingerprint density at radius 3 is 1.71 bits per heavy atom. The number of nitrogens with one attached hydrogen (secondary N) is 2. The molecule has 1 radical (unpaired) electrons. The van der Waals surface area contributed by atoms with Gasteiger partial charge in [0.25, 0.3) is 0 Å². The molecule has 0 spiro atoms. The van der Waals surface area contributed by atoms with E-state index < -0.39 is 11.8 Å². The maximum absolute atomic E-state index is 10.0. The quantitative estimate of drug-likeness (QED) is 0.357. The molecule has 0 aromatic carbocycles. The zero-order chi connectivity index (χ0) is 5.28. The van der Waals surface area contributed by atoms with E-state index in [-0.39, 0.29) is 0 Å². The van der Waals surface area contributed by atoms with E-state index in [2.05, 4.69) is 10.6 Å². The molecule has 7 heavy (non-hydrogen) atoms. The zero-order valence-corrected chi connectivity index (χ0v) is 3.39. The van der Waals surface area contributed by atoms with Gasteiger partial charge in [0.2, 0.25) is 0 Å². The molecule has 2 N–H and O–H groups in total. The fourth-order valence-electron chi connectivity index (χ4n) is 0.298. The van der Waals surface area contributed by atoms with E-state index in [0.717, 1.165) is 0 Å². The van der Waals surface area contributed by atoms with Crippen LogP contribution in [0.1, 0.15) is 0 Å². The van der Waals surface area contributed by atoms with Crippen molar-refractivity contribution in [1.82, 2.24) is 10.6 Å². The first-order chi connectivity index (χ1) is 3.30. The highest BCUT2D eigenvalue weighted by Gasteiger charge is 2.18. The van der Waals surface area contributed by atoms with Crippen LogP contribution < -0.4 is 10.6 Å². The van der Waals surface area contributed by atoms with E-state index in [1.807, 2.05) is 0 Å². The van der Waals surface area contributed by atoms with Gasteiger partial charge in [-0.2, -0.15) is 0 Å². The van der Waals surface area contributed by atoms with Gasteiger partial charge in [0, 0.05) is 0 Å². The van der Waals surface area contributed by atoms with Gasteiger partial charge >= 0.3 is 11.8 Å². The molecule has 1 aliphatic rings. The van der Waals surface area contributed by atoms with Crippen molar-refractivity contribution in [2.24, 2.45) is 0 Å². The van der Waals surface area contributed by atoms with Gasteiger partial charge in [-0.05, 0) is 0 Å². The molecule has 0 aromatic rings. The molecule has 4 nitrogen and oxygen atoms in total. The second-order valence-corrected chi connectivity index (χ2v) is 1.09. The van der Waals surface area contributed by atoms with Gasteiger partial charge in [-0.1, -0.05) is 0 Å². The van der Waals surface area contributed by atoms with Gasteiger partial charge in [0.1, 0.15) is 6.67 Å². The Hall–Kier alpha value is -1.06. The lowest BCUT2D eigenvalue weighted by molar-refractivity contribution is -0.135. The summed E-state index contributed by atoms with van der Waals surface area (Å²) in [7, 11) is 0. The molecule has 1 rings (SSSR count). The Balaban J connectivity index is 2.65. The van der Waals surface area contributed by atoms with Gasteiger partial charge in [-0.25, -0.2) is 0 Å². The highest BCUT2D eigenvalue weighted by molar-refractivity contribution is 6.37. The van der Waals surface area contributed by atoms with Crippen LogP contribution in [0.2, 0.25) is 0 Å². The summed E-state index contributed by atoms with van der Waals surface area (Å²) in [6.45, 7) is 1.20. The average Bonchev–Trinajstić information content (AvgIpc) is 1.91. The summed E-state index contributed by atoms with van der Waals surface area (Å²) in [5, 5.41) is 4.29. The van der Waals surface area contributed by atoms with Crippen molar-refractivity contribution in [3.05, 3.63) is 6.67 Å². The summed E-state index contributed by atoms with van der Waals surface area (Å²) >= 11 is 0. The van der Waals surface area contributed by atoms with E-state index in [1.165, 1.54) is 6.67 Å². The predicted molar refractivity (Wildman–Crippen MR) is 20.6 cm³/mol. The van der Waals surface area contributed by atoms with Crippen molar-refractivity contribution in [2.75, 3.05) is 0 Å². The van der Waals surface area contributed by atoms with Crippen LogP contribution in [0.25, 0.3) is 0 Å². The summed E-state index contributed by atoms with van der Waals surface area (Å²) in [5.74, 6) is -1.19. The fourth-order valence-corrected chi connectivity index (χ4v) is 0.298. The maximum atomic E-state index is 10.0. The molecule has 1 aliphatic heterocycles. The monoisotopic (exact) mass is 99.0 g/mol. The maximum Gasteiger partial charge on any atom is 0.311 e. The topological polar surface area (TPSA) is 58.2 Å². The van der Waals surface area contributed by atoms with Crippen LogP contribution in [0.3, 0.4) is 0 Å². The predicted octanol–water partition coefficient (Wildman–Crippen LogP) is -1.65. The molecule has 0 aromatic heterocycles. The molecule has 0 saturated carbocycles. The summed E-state index contributed by atoms with van der Waals surface area (Å²) < 4.78 is 0. The molecular formula is C3H3N2O2. The molecule has 37 valence electrons. The highest BCUT2D eigenvalue weighted by atomic mass is 16.2. The minimum atomic E-state index is -0.597. The van der Waals surface area contributed by atoms with Gasteiger partial charge < -0.3 is 10.6 Å². The Labute approximate surface area is 39.9 Å². The van der Waals surface area contributed by atoms with Crippen molar-refractivity contribution in [1.29, 1.82) is 0 Å². The lowest BCUT2D eigenvalue weighted by atomic mass is 10.6. The molecule has 2 amide bonds. The highest BCUT2D eigenvalue weighted by Crippen LogP contribution is 1.77. The Kier molecular flexibility index (Phi) is 0.714. The number of carbonyl (C=O) groups excluding carboxylic acids is 2. The van der Waals surface area contributed by atoms with Crippen LogP contribution in [0.5, 0.6) is 0 Å². The van der Waals surface area contributed by atoms with Crippen molar-refractivity contribution in [3.8, 4) is 0 Å². The van der Waals surface area contributed by atoms with E-state index in [0.29, 0.717) is 0 Å². The Bertz CT molecular complexity index is 106. The summed E-state index contributed by atoms with van der Waals surface area (Å²) in [5.41, 5.74) is 0. The van der Waals surface area contributed by atoms with Crippen molar-refractivity contribution in [3.63, 3.8) is 0 Å². The van der Waals surface area contributed by atoms with Gasteiger partial charge in [0.15, 0.2) is 0 Å². The van der Waals surface area contributed by atoms with Crippen LogP contribution in [-0.2, 0) is 9.59 Å².